The summed E-state index contributed by atoms with van der Waals surface area (Å²) in [7, 11) is 0. The third-order valence-electron chi connectivity index (χ3n) is 4.50. The van der Waals surface area contributed by atoms with Crippen LogP contribution in [0.4, 0.5) is 0 Å². The zero-order valence-electron chi connectivity index (χ0n) is 11.7. The zero-order valence-corrected chi connectivity index (χ0v) is 11.7. The van der Waals surface area contributed by atoms with Crippen LogP contribution < -0.4 is 9.47 Å². The zero-order chi connectivity index (χ0) is 14.3. The summed E-state index contributed by atoms with van der Waals surface area (Å²) < 4.78 is 10.7. The summed E-state index contributed by atoms with van der Waals surface area (Å²) in [4.78, 5) is 13.5. The number of benzene rings is 1. The van der Waals surface area contributed by atoms with E-state index in [4.69, 9.17) is 9.47 Å². The van der Waals surface area contributed by atoms with Gasteiger partial charge in [0, 0.05) is 12.1 Å². The molecule has 20 heavy (non-hydrogen) atoms. The van der Waals surface area contributed by atoms with Gasteiger partial charge in [0.1, 0.15) is 0 Å². The van der Waals surface area contributed by atoms with Crippen molar-refractivity contribution in [3.05, 3.63) is 23.8 Å². The Morgan fingerprint density at radius 1 is 1.40 bits per heavy atom. The Hall–Kier alpha value is -1.75. The molecule has 5 heteroatoms. The van der Waals surface area contributed by atoms with Crippen LogP contribution in [0.5, 0.6) is 11.5 Å². The first-order valence-electron chi connectivity index (χ1n) is 6.96. The van der Waals surface area contributed by atoms with Gasteiger partial charge in [0.25, 0.3) is 0 Å². The standard InChI is InChI=1S/C15H19NO4/c1-9(16-6-5-12(10(16)2)15(17)18)11-3-4-13-14(7-11)20-8-19-13/h3-4,7,9-10,12H,5-6,8H2,1-2H3,(H,17,18). The first-order chi connectivity index (χ1) is 9.58. The average molecular weight is 277 g/mol. The van der Waals surface area contributed by atoms with Gasteiger partial charge in [-0.05, 0) is 44.5 Å². The number of carboxylic acid groups (broad SMARTS) is 1. The number of carboxylic acids is 1. The highest BCUT2D eigenvalue weighted by atomic mass is 16.7. The van der Waals surface area contributed by atoms with E-state index in [2.05, 4.69) is 11.8 Å². The van der Waals surface area contributed by atoms with Crippen LogP contribution in [0.25, 0.3) is 0 Å². The Bertz CT molecular complexity index is 531. The maximum atomic E-state index is 11.2. The Labute approximate surface area is 118 Å². The first-order valence-corrected chi connectivity index (χ1v) is 6.96. The summed E-state index contributed by atoms with van der Waals surface area (Å²) in [6, 6.07) is 6.16. The predicted molar refractivity (Wildman–Crippen MR) is 72.9 cm³/mol. The molecule has 0 saturated carbocycles. The molecule has 1 N–H and O–H groups in total. The van der Waals surface area contributed by atoms with Crippen molar-refractivity contribution < 1.29 is 19.4 Å². The first kappa shape index (κ1) is 13.2. The van der Waals surface area contributed by atoms with E-state index in [0.29, 0.717) is 6.42 Å². The molecule has 5 nitrogen and oxygen atoms in total. The molecular weight excluding hydrogens is 258 g/mol. The summed E-state index contributed by atoms with van der Waals surface area (Å²) in [5.41, 5.74) is 1.13. The molecule has 108 valence electrons. The van der Waals surface area contributed by atoms with Crippen LogP contribution in [0.3, 0.4) is 0 Å². The molecule has 3 rings (SSSR count). The minimum Gasteiger partial charge on any atom is -0.481 e. The molecule has 2 aliphatic rings. The normalized spacial score (nSPS) is 26.7. The van der Waals surface area contributed by atoms with Gasteiger partial charge in [-0.1, -0.05) is 6.07 Å². The van der Waals surface area contributed by atoms with Crippen LogP contribution in [0, 0.1) is 5.92 Å². The van der Waals surface area contributed by atoms with E-state index in [9.17, 15) is 9.90 Å². The van der Waals surface area contributed by atoms with Crippen LogP contribution >= 0.6 is 0 Å². The number of nitrogens with zero attached hydrogens (tertiary/aromatic N) is 1. The Morgan fingerprint density at radius 2 is 2.15 bits per heavy atom. The van der Waals surface area contributed by atoms with Gasteiger partial charge in [-0.3, -0.25) is 9.69 Å². The second-order valence-electron chi connectivity index (χ2n) is 5.50. The van der Waals surface area contributed by atoms with E-state index in [-0.39, 0.29) is 24.8 Å². The maximum Gasteiger partial charge on any atom is 0.308 e. The monoisotopic (exact) mass is 277 g/mol. The summed E-state index contributed by atoms with van der Waals surface area (Å²) in [6.07, 6.45) is 0.714. The summed E-state index contributed by atoms with van der Waals surface area (Å²) in [5.74, 6) is 0.583. The second-order valence-corrected chi connectivity index (χ2v) is 5.50. The van der Waals surface area contributed by atoms with Crippen molar-refractivity contribution in [2.45, 2.75) is 32.4 Å². The molecule has 1 fully saturated rings. The van der Waals surface area contributed by atoms with Crippen LogP contribution in [0.2, 0.25) is 0 Å². The van der Waals surface area contributed by atoms with Crippen LogP contribution in [-0.2, 0) is 4.79 Å². The smallest absolute Gasteiger partial charge is 0.308 e. The van der Waals surface area contributed by atoms with Crippen molar-refractivity contribution in [1.29, 1.82) is 0 Å². The average Bonchev–Trinajstić information content (AvgIpc) is 3.03. The van der Waals surface area contributed by atoms with Crippen LogP contribution in [0.1, 0.15) is 31.9 Å². The van der Waals surface area contributed by atoms with E-state index in [0.717, 1.165) is 23.6 Å². The third-order valence-corrected chi connectivity index (χ3v) is 4.50. The molecule has 1 aromatic carbocycles. The lowest BCUT2D eigenvalue weighted by Crippen LogP contribution is -2.34. The highest BCUT2D eigenvalue weighted by molar-refractivity contribution is 5.71. The molecule has 0 amide bonds. The Kier molecular flexibility index (Phi) is 3.30. The molecule has 1 saturated heterocycles. The number of ether oxygens (including phenoxy) is 2. The largest absolute Gasteiger partial charge is 0.481 e. The predicted octanol–water partition coefficient (Wildman–Crippen LogP) is 2.27. The summed E-state index contributed by atoms with van der Waals surface area (Å²) in [5, 5.41) is 9.22. The summed E-state index contributed by atoms with van der Waals surface area (Å²) >= 11 is 0. The lowest BCUT2D eigenvalue weighted by molar-refractivity contribution is -0.142. The molecular formula is C15H19NO4. The van der Waals surface area contributed by atoms with E-state index in [1.807, 2.05) is 25.1 Å². The Morgan fingerprint density at radius 3 is 2.85 bits per heavy atom. The summed E-state index contributed by atoms with van der Waals surface area (Å²) in [6.45, 7) is 5.19. The van der Waals surface area contributed by atoms with Crippen molar-refractivity contribution >= 4 is 5.97 Å². The minimum absolute atomic E-state index is 0.0490. The minimum atomic E-state index is -0.696. The van der Waals surface area contributed by atoms with E-state index in [1.165, 1.54) is 0 Å². The van der Waals surface area contributed by atoms with Gasteiger partial charge in [0.05, 0.1) is 5.92 Å². The molecule has 0 spiro atoms. The van der Waals surface area contributed by atoms with Gasteiger partial charge in [0.15, 0.2) is 11.5 Å². The fourth-order valence-electron chi connectivity index (χ4n) is 3.20. The number of hydrogen-bond donors (Lipinski definition) is 1. The van der Waals surface area contributed by atoms with Gasteiger partial charge in [0.2, 0.25) is 6.79 Å². The van der Waals surface area contributed by atoms with Gasteiger partial charge < -0.3 is 14.6 Å². The number of likely N-dealkylation sites (tertiary alicyclic amines) is 1. The molecule has 3 unspecified atom stereocenters. The number of carbonyl (C=O) groups is 1. The molecule has 0 aliphatic carbocycles. The van der Waals surface area contributed by atoms with E-state index < -0.39 is 5.97 Å². The topological polar surface area (TPSA) is 59.0 Å². The number of aliphatic carboxylic acids is 1. The third kappa shape index (κ3) is 2.12. The molecule has 0 bridgehead atoms. The molecule has 0 aromatic heterocycles. The SMILES string of the molecule is CC(c1ccc2c(c1)OCO2)N1CCC(C(=O)O)C1C. The molecule has 2 heterocycles. The quantitative estimate of drug-likeness (QED) is 0.918. The van der Waals surface area contributed by atoms with Crippen LogP contribution in [-0.4, -0.2) is 35.4 Å². The van der Waals surface area contributed by atoms with Crippen molar-refractivity contribution in [1.82, 2.24) is 4.90 Å². The van der Waals surface area contributed by atoms with Crippen LogP contribution in [0.15, 0.2) is 18.2 Å². The second kappa shape index (κ2) is 4.98. The van der Waals surface area contributed by atoms with E-state index in [1.54, 1.807) is 0 Å². The molecule has 0 radical (unpaired) electrons. The lowest BCUT2D eigenvalue weighted by atomic mass is 10.0. The Balaban J connectivity index is 1.79. The molecule has 3 atom stereocenters. The van der Waals surface area contributed by atoms with Crippen molar-refractivity contribution in [3.8, 4) is 11.5 Å². The van der Waals surface area contributed by atoms with Crippen molar-refractivity contribution in [2.24, 2.45) is 5.92 Å². The number of fused-ring (bicyclic) bond motifs is 1. The fraction of sp³-hybridized carbons (Fsp3) is 0.533. The van der Waals surface area contributed by atoms with Gasteiger partial charge in [-0.2, -0.15) is 0 Å². The van der Waals surface area contributed by atoms with Crippen molar-refractivity contribution in [3.63, 3.8) is 0 Å². The van der Waals surface area contributed by atoms with Gasteiger partial charge in [-0.15, -0.1) is 0 Å². The molecule has 2 aliphatic heterocycles. The number of rotatable bonds is 3. The fourth-order valence-corrected chi connectivity index (χ4v) is 3.20. The van der Waals surface area contributed by atoms with Gasteiger partial charge >= 0.3 is 5.97 Å². The highest BCUT2D eigenvalue weighted by Crippen LogP contribution is 2.38. The lowest BCUT2D eigenvalue weighted by Gasteiger charge is -2.30. The van der Waals surface area contributed by atoms with Crippen molar-refractivity contribution in [2.75, 3.05) is 13.3 Å². The van der Waals surface area contributed by atoms with E-state index >= 15 is 0 Å². The van der Waals surface area contributed by atoms with Gasteiger partial charge in [-0.25, -0.2) is 0 Å². The molecule has 1 aromatic rings. The number of hydrogen-bond acceptors (Lipinski definition) is 4. The highest BCUT2D eigenvalue weighted by Gasteiger charge is 2.38. The maximum absolute atomic E-state index is 11.2.